The molecular formula is C19H11ClF3N5S. The maximum Gasteiger partial charge on any atom is 0.417 e. The molecule has 4 rings (SSSR count). The number of benzene rings is 1. The molecule has 29 heavy (non-hydrogen) atoms. The minimum absolute atomic E-state index is 0.124. The van der Waals surface area contributed by atoms with Crippen molar-refractivity contribution in [1.82, 2.24) is 24.6 Å². The van der Waals surface area contributed by atoms with Crippen LogP contribution in [0.1, 0.15) is 16.8 Å². The molecule has 0 amide bonds. The van der Waals surface area contributed by atoms with Crippen molar-refractivity contribution in [3.05, 3.63) is 76.7 Å². The highest BCUT2D eigenvalue weighted by atomic mass is 35.5. The summed E-state index contributed by atoms with van der Waals surface area (Å²) in [6.45, 7) is 0. The molecule has 0 atom stereocenters. The minimum Gasteiger partial charge on any atom is -0.247 e. The van der Waals surface area contributed by atoms with Crippen molar-refractivity contribution in [3.63, 3.8) is 0 Å². The molecule has 0 N–H and O–H groups in total. The van der Waals surface area contributed by atoms with Crippen LogP contribution in [0, 0.1) is 0 Å². The molecule has 10 heteroatoms. The zero-order valence-electron chi connectivity index (χ0n) is 14.5. The first-order valence-electron chi connectivity index (χ1n) is 8.26. The van der Waals surface area contributed by atoms with E-state index in [4.69, 9.17) is 11.6 Å². The second-order valence-corrected chi connectivity index (χ2v) is 7.19. The first kappa shape index (κ1) is 19.4. The first-order valence-corrected chi connectivity index (χ1v) is 9.45. The molecule has 0 bridgehead atoms. The average Bonchev–Trinajstić information content (AvgIpc) is 3.11. The van der Waals surface area contributed by atoms with E-state index in [9.17, 15) is 13.2 Å². The number of alkyl halides is 3. The Morgan fingerprint density at radius 1 is 1.03 bits per heavy atom. The van der Waals surface area contributed by atoms with Crippen LogP contribution in [0.25, 0.3) is 17.9 Å². The average molecular weight is 434 g/mol. The van der Waals surface area contributed by atoms with Gasteiger partial charge in [-0.15, -0.1) is 5.10 Å². The van der Waals surface area contributed by atoms with Crippen molar-refractivity contribution < 1.29 is 13.2 Å². The quantitative estimate of drug-likeness (QED) is 0.424. The molecule has 0 fully saturated rings. The highest BCUT2D eigenvalue weighted by molar-refractivity contribution is 7.99. The lowest BCUT2D eigenvalue weighted by molar-refractivity contribution is -0.137. The van der Waals surface area contributed by atoms with Crippen LogP contribution >= 0.6 is 23.4 Å². The Morgan fingerprint density at radius 3 is 2.55 bits per heavy atom. The fourth-order valence-corrected chi connectivity index (χ4v) is 3.42. The molecule has 3 heterocycles. The molecule has 146 valence electrons. The summed E-state index contributed by atoms with van der Waals surface area (Å²) in [7, 11) is 0. The van der Waals surface area contributed by atoms with Crippen LogP contribution in [0.15, 0.2) is 65.0 Å². The Balaban J connectivity index is 1.62. The number of pyridine rings is 1. The van der Waals surface area contributed by atoms with Crippen molar-refractivity contribution in [3.8, 4) is 0 Å². The fraction of sp³-hybridized carbons (Fsp3) is 0.0526. The Kier molecular flexibility index (Phi) is 5.25. The number of halogens is 4. The second kappa shape index (κ2) is 7.84. The Labute approximate surface area is 172 Å². The van der Waals surface area contributed by atoms with Crippen LogP contribution in [-0.2, 0) is 6.18 Å². The molecule has 0 aliphatic rings. The topological polar surface area (TPSA) is 56.0 Å². The summed E-state index contributed by atoms with van der Waals surface area (Å²) in [5.74, 6) is 0.353. The summed E-state index contributed by atoms with van der Waals surface area (Å²) in [6.07, 6.45) is 1.63. The molecule has 5 nitrogen and oxygen atoms in total. The van der Waals surface area contributed by atoms with E-state index in [-0.39, 0.29) is 15.2 Å². The SMILES string of the molecule is FC(F)(F)c1cnc(Sc2nc3nccc(/C=C\c4ccccc4)n3n2)c(Cl)c1. The normalized spacial score (nSPS) is 12.1. The van der Waals surface area contributed by atoms with Gasteiger partial charge in [0, 0.05) is 12.4 Å². The number of aromatic nitrogens is 5. The molecule has 1 aromatic carbocycles. The van der Waals surface area contributed by atoms with E-state index in [2.05, 4.69) is 20.1 Å². The third kappa shape index (κ3) is 4.41. The van der Waals surface area contributed by atoms with Crippen molar-refractivity contribution in [2.24, 2.45) is 0 Å². The third-order valence-corrected chi connectivity index (χ3v) is 5.09. The predicted molar refractivity (Wildman–Crippen MR) is 105 cm³/mol. The summed E-state index contributed by atoms with van der Waals surface area (Å²) in [5.41, 5.74) is 0.849. The van der Waals surface area contributed by atoms with E-state index in [0.717, 1.165) is 35.3 Å². The summed E-state index contributed by atoms with van der Waals surface area (Å²) >= 11 is 6.93. The van der Waals surface area contributed by atoms with Crippen LogP contribution < -0.4 is 0 Å². The van der Waals surface area contributed by atoms with Crippen molar-refractivity contribution in [1.29, 1.82) is 0 Å². The summed E-state index contributed by atoms with van der Waals surface area (Å²) < 4.78 is 39.8. The predicted octanol–water partition coefficient (Wildman–Crippen LogP) is 5.51. The molecule has 0 spiro atoms. The Morgan fingerprint density at radius 2 is 1.83 bits per heavy atom. The number of hydrogen-bond acceptors (Lipinski definition) is 5. The zero-order chi connectivity index (χ0) is 20.4. The van der Waals surface area contributed by atoms with Gasteiger partial charge in [0.05, 0.1) is 16.3 Å². The van der Waals surface area contributed by atoms with Gasteiger partial charge in [0.1, 0.15) is 5.03 Å². The monoisotopic (exact) mass is 433 g/mol. The van der Waals surface area contributed by atoms with Gasteiger partial charge in [-0.3, -0.25) is 0 Å². The molecule has 4 aromatic rings. The summed E-state index contributed by atoms with van der Waals surface area (Å²) in [4.78, 5) is 12.2. The number of nitrogens with zero attached hydrogens (tertiary/aromatic N) is 5. The molecular weight excluding hydrogens is 423 g/mol. The molecule has 0 saturated heterocycles. The fourth-order valence-electron chi connectivity index (χ4n) is 2.45. The van der Waals surface area contributed by atoms with E-state index >= 15 is 0 Å². The van der Waals surface area contributed by atoms with Gasteiger partial charge < -0.3 is 0 Å². The Hall–Kier alpha value is -2.91. The molecule has 3 aromatic heterocycles. The molecule has 0 saturated carbocycles. The van der Waals surface area contributed by atoms with Gasteiger partial charge in [-0.1, -0.05) is 48.0 Å². The number of hydrogen-bond donors (Lipinski definition) is 0. The van der Waals surface area contributed by atoms with Crippen LogP contribution in [0.3, 0.4) is 0 Å². The lowest BCUT2D eigenvalue weighted by Crippen LogP contribution is -2.05. The van der Waals surface area contributed by atoms with Gasteiger partial charge in [0.25, 0.3) is 5.78 Å². The van der Waals surface area contributed by atoms with E-state index < -0.39 is 11.7 Å². The van der Waals surface area contributed by atoms with E-state index in [1.54, 1.807) is 16.8 Å². The van der Waals surface area contributed by atoms with Gasteiger partial charge >= 0.3 is 6.18 Å². The van der Waals surface area contributed by atoms with Gasteiger partial charge in [-0.25, -0.2) is 9.97 Å². The lowest BCUT2D eigenvalue weighted by atomic mass is 10.2. The second-order valence-electron chi connectivity index (χ2n) is 5.83. The molecule has 0 aliphatic carbocycles. The van der Waals surface area contributed by atoms with E-state index in [0.29, 0.717) is 5.78 Å². The maximum atomic E-state index is 12.8. The number of fused-ring (bicyclic) bond motifs is 1. The number of rotatable bonds is 4. The smallest absolute Gasteiger partial charge is 0.247 e. The molecule has 0 unspecified atom stereocenters. The lowest BCUT2D eigenvalue weighted by Gasteiger charge is -2.07. The van der Waals surface area contributed by atoms with Crippen LogP contribution in [0.2, 0.25) is 5.02 Å². The van der Waals surface area contributed by atoms with Crippen molar-refractivity contribution in [2.75, 3.05) is 0 Å². The van der Waals surface area contributed by atoms with Crippen LogP contribution in [-0.4, -0.2) is 24.6 Å². The highest BCUT2D eigenvalue weighted by Crippen LogP contribution is 2.35. The highest BCUT2D eigenvalue weighted by Gasteiger charge is 2.31. The zero-order valence-corrected chi connectivity index (χ0v) is 16.1. The maximum absolute atomic E-state index is 12.8. The van der Waals surface area contributed by atoms with Gasteiger partial charge in [-0.05, 0) is 35.5 Å². The van der Waals surface area contributed by atoms with Gasteiger partial charge in [0.15, 0.2) is 0 Å². The standard InChI is InChI=1S/C19H11ClF3N5S/c20-15-10-13(19(21,22)23)11-25-16(15)29-18-26-17-24-9-8-14(28(17)27-18)7-6-12-4-2-1-3-5-12/h1-11H/b7-6-. The summed E-state index contributed by atoms with van der Waals surface area (Å²) in [5, 5.41) is 4.69. The van der Waals surface area contributed by atoms with Crippen LogP contribution in [0.4, 0.5) is 13.2 Å². The van der Waals surface area contributed by atoms with Crippen LogP contribution in [0.5, 0.6) is 0 Å². The van der Waals surface area contributed by atoms with E-state index in [1.165, 1.54) is 0 Å². The van der Waals surface area contributed by atoms with Gasteiger partial charge in [0.2, 0.25) is 5.16 Å². The van der Waals surface area contributed by atoms with Gasteiger partial charge in [-0.2, -0.15) is 22.7 Å². The summed E-state index contributed by atoms with van der Waals surface area (Å²) in [6, 6.07) is 12.4. The molecule has 0 aliphatic heterocycles. The van der Waals surface area contributed by atoms with E-state index in [1.807, 2.05) is 42.5 Å². The third-order valence-electron chi connectivity index (χ3n) is 3.82. The van der Waals surface area contributed by atoms with Crippen molar-refractivity contribution >= 4 is 41.3 Å². The minimum atomic E-state index is -4.51. The largest absolute Gasteiger partial charge is 0.417 e. The Bertz CT molecular complexity index is 1190. The first-order chi connectivity index (χ1) is 13.9. The molecule has 0 radical (unpaired) electrons. The van der Waals surface area contributed by atoms with Crippen molar-refractivity contribution in [2.45, 2.75) is 16.4 Å².